The highest BCUT2D eigenvalue weighted by molar-refractivity contribution is 7.80. The molecule has 1 saturated heterocycles. The molecule has 0 saturated carbocycles. The Balaban J connectivity index is 2.55. The zero-order valence-corrected chi connectivity index (χ0v) is 12.9. The standard InChI is InChI=1S/C14H22N4S/c1-5-11-7-6-8(2)18(11)14-12(13(15)19)9(3)10(4)16-17-14/h8,11H,5-7H2,1-4H3,(H2,15,19). The maximum absolute atomic E-state index is 5.92. The van der Waals surface area contributed by atoms with Crippen LogP contribution in [0.4, 0.5) is 5.82 Å². The summed E-state index contributed by atoms with van der Waals surface area (Å²) in [5.41, 5.74) is 8.76. The monoisotopic (exact) mass is 278 g/mol. The predicted octanol–water partition coefficient (Wildman–Crippen LogP) is 2.49. The molecule has 19 heavy (non-hydrogen) atoms. The molecule has 2 rings (SSSR count). The van der Waals surface area contributed by atoms with Crippen molar-refractivity contribution in [2.45, 2.75) is 59.0 Å². The van der Waals surface area contributed by atoms with Gasteiger partial charge >= 0.3 is 0 Å². The van der Waals surface area contributed by atoms with Crippen LogP contribution in [0.25, 0.3) is 0 Å². The summed E-state index contributed by atoms with van der Waals surface area (Å²) in [7, 11) is 0. The highest BCUT2D eigenvalue weighted by atomic mass is 32.1. The van der Waals surface area contributed by atoms with Crippen LogP contribution in [0.5, 0.6) is 0 Å². The largest absolute Gasteiger partial charge is 0.389 e. The predicted molar refractivity (Wildman–Crippen MR) is 82.6 cm³/mol. The van der Waals surface area contributed by atoms with Gasteiger partial charge < -0.3 is 10.6 Å². The van der Waals surface area contributed by atoms with E-state index in [1.54, 1.807) is 0 Å². The van der Waals surface area contributed by atoms with Crippen LogP contribution in [-0.4, -0.2) is 27.3 Å². The van der Waals surface area contributed by atoms with E-state index < -0.39 is 0 Å². The zero-order valence-electron chi connectivity index (χ0n) is 12.1. The van der Waals surface area contributed by atoms with Crippen LogP contribution in [0.15, 0.2) is 0 Å². The van der Waals surface area contributed by atoms with E-state index in [1.165, 1.54) is 12.8 Å². The van der Waals surface area contributed by atoms with E-state index in [9.17, 15) is 0 Å². The molecule has 4 nitrogen and oxygen atoms in total. The molecule has 1 fully saturated rings. The van der Waals surface area contributed by atoms with E-state index in [2.05, 4.69) is 28.9 Å². The summed E-state index contributed by atoms with van der Waals surface area (Å²) in [4.78, 5) is 2.77. The Morgan fingerprint density at radius 2 is 2.05 bits per heavy atom. The summed E-state index contributed by atoms with van der Waals surface area (Å²) in [6, 6.07) is 0.981. The number of anilines is 1. The van der Waals surface area contributed by atoms with Crippen LogP contribution < -0.4 is 10.6 Å². The van der Waals surface area contributed by atoms with Gasteiger partial charge in [0.25, 0.3) is 0 Å². The van der Waals surface area contributed by atoms with E-state index >= 15 is 0 Å². The molecule has 1 aliphatic rings. The Hall–Kier alpha value is -1.23. The van der Waals surface area contributed by atoms with Crippen LogP contribution in [0, 0.1) is 13.8 Å². The second-order valence-corrected chi connectivity index (χ2v) is 5.81. The lowest BCUT2D eigenvalue weighted by Crippen LogP contribution is -2.37. The normalized spacial score (nSPS) is 22.8. The first-order valence-electron chi connectivity index (χ1n) is 6.89. The van der Waals surface area contributed by atoms with Gasteiger partial charge in [-0.15, -0.1) is 5.10 Å². The molecule has 0 radical (unpaired) electrons. The fourth-order valence-electron chi connectivity index (χ4n) is 2.93. The number of thiocarbonyl (C=S) groups is 1. The third-order valence-corrected chi connectivity index (χ3v) is 4.39. The van der Waals surface area contributed by atoms with Crippen LogP contribution in [0.1, 0.15) is 49.9 Å². The van der Waals surface area contributed by atoms with Gasteiger partial charge in [0, 0.05) is 12.1 Å². The van der Waals surface area contributed by atoms with Gasteiger partial charge in [-0.25, -0.2) is 0 Å². The Morgan fingerprint density at radius 3 is 2.63 bits per heavy atom. The van der Waals surface area contributed by atoms with E-state index in [-0.39, 0.29) is 0 Å². The molecular weight excluding hydrogens is 256 g/mol. The van der Waals surface area contributed by atoms with Gasteiger partial charge in [0.15, 0.2) is 5.82 Å². The molecule has 2 atom stereocenters. The number of aryl methyl sites for hydroxylation is 1. The molecule has 5 heteroatoms. The fourth-order valence-corrected chi connectivity index (χ4v) is 3.17. The fraction of sp³-hybridized carbons (Fsp3) is 0.643. The number of nitrogens with two attached hydrogens (primary N) is 1. The molecular formula is C14H22N4S. The minimum Gasteiger partial charge on any atom is -0.389 e. The Labute approximate surface area is 120 Å². The first kappa shape index (κ1) is 14.2. The number of aromatic nitrogens is 2. The summed E-state index contributed by atoms with van der Waals surface area (Å²) < 4.78 is 0. The summed E-state index contributed by atoms with van der Waals surface area (Å²) in [5, 5.41) is 8.66. The van der Waals surface area contributed by atoms with E-state index in [1.807, 2.05) is 13.8 Å². The second kappa shape index (κ2) is 5.41. The van der Waals surface area contributed by atoms with Crippen molar-refractivity contribution >= 4 is 23.0 Å². The molecule has 1 aromatic rings. The zero-order chi connectivity index (χ0) is 14.2. The first-order valence-corrected chi connectivity index (χ1v) is 7.30. The summed E-state index contributed by atoms with van der Waals surface area (Å²) in [5.74, 6) is 0.868. The molecule has 2 heterocycles. The molecule has 0 aliphatic carbocycles. The van der Waals surface area contributed by atoms with Crippen molar-refractivity contribution in [1.29, 1.82) is 0 Å². The molecule has 2 N–H and O–H groups in total. The Kier molecular flexibility index (Phi) is 4.04. The molecule has 1 aliphatic heterocycles. The van der Waals surface area contributed by atoms with E-state index in [0.29, 0.717) is 17.1 Å². The maximum atomic E-state index is 5.92. The van der Waals surface area contributed by atoms with Gasteiger partial charge in [-0.3, -0.25) is 0 Å². The molecule has 0 bridgehead atoms. The molecule has 1 aromatic heterocycles. The van der Waals surface area contributed by atoms with Crippen LogP contribution in [0.3, 0.4) is 0 Å². The van der Waals surface area contributed by atoms with Gasteiger partial charge in [-0.2, -0.15) is 5.10 Å². The Morgan fingerprint density at radius 1 is 1.37 bits per heavy atom. The van der Waals surface area contributed by atoms with Gasteiger partial charge in [-0.1, -0.05) is 19.1 Å². The third-order valence-electron chi connectivity index (χ3n) is 4.18. The Bertz CT molecular complexity index is 500. The van der Waals surface area contributed by atoms with Crippen molar-refractivity contribution in [1.82, 2.24) is 10.2 Å². The van der Waals surface area contributed by atoms with Gasteiger partial charge in [0.05, 0.1) is 11.3 Å². The number of rotatable bonds is 3. The molecule has 0 aromatic carbocycles. The van der Waals surface area contributed by atoms with Gasteiger partial charge in [0.2, 0.25) is 0 Å². The van der Waals surface area contributed by atoms with Crippen molar-refractivity contribution in [3.05, 3.63) is 16.8 Å². The lowest BCUT2D eigenvalue weighted by molar-refractivity contribution is 0.615. The number of hydrogen-bond donors (Lipinski definition) is 1. The quantitative estimate of drug-likeness (QED) is 0.861. The topological polar surface area (TPSA) is 55.0 Å². The van der Waals surface area contributed by atoms with E-state index in [4.69, 9.17) is 18.0 Å². The molecule has 104 valence electrons. The van der Waals surface area contributed by atoms with Crippen molar-refractivity contribution < 1.29 is 0 Å². The third kappa shape index (κ3) is 2.43. The SMILES string of the molecule is CCC1CCC(C)N1c1nnc(C)c(C)c1C(N)=S. The summed E-state index contributed by atoms with van der Waals surface area (Å²) in [6.45, 7) is 8.41. The smallest absolute Gasteiger partial charge is 0.162 e. The highest BCUT2D eigenvalue weighted by Crippen LogP contribution is 2.33. The summed E-state index contributed by atoms with van der Waals surface area (Å²) >= 11 is 5.23. The van der Waals surface area contributed by atoms with Crippen molar-refractivity contribution in [2.75, 3.05) is 4.90 Å². The van der Waals surface area contributed by atoms with Gasteiger partial charge in [0.1, 0.15) is 4.99 Å². The second-order valence-electron chi connectivity index (χ2n) is 5.37. The molecule has 2 unspecified atom stereocenters. The molecule has 0 spiro atoms. The number of hydrogen-bond acceptors (Lipinski definition) is 4. The minimum absolute atomic E-state index is 0.416. The first-order chi connectivity index (χ1) is 8.97. The van der Waals surface area contributed by atoms with Crippen molar-refractivity contribution in [2.24, 2.45) is 5.73 Å². The maximum Gasteiger partial charge on any atom is 0.162 e. The summed E-state index contributed by atoms with van der Waals surface area (Å²) in [6.07, 6.45) is 3.49. The van der Waals surface area contributed by atoms with Crippen LogP contribution >= 0.6 is 12.2 Å². The number of nitrogens with zero attached hydrogens (tertiary/aromatic N) is 3. The minimum atomic E-state index is 0.416. The lowest BCUT2D eigenvalue weighted by Gasteiger charge is -2.31. The molecule has 0 amide bonds. The van der Waals surface area contributed by atoms with Crippen molar-refractivity contribution in [3.63, 3.8) is 0 Å². The lowest BCUT2D eigenvalue weighted by atomic mass is 10.1. The van der Waals surface area contributed by atoms with Crippen LogP contribution in [-0.2, 0) is 0 Å². The average molecular weight is 278 g/mol. The van der Waals surface area contributed by atoms with Crippen LogP contribution in [0.2, 0.25) is 0 Å². The average Bonchev–Trinajstić information content (AvgIpc) is 2.73. The van der Waals surface area contributed by atoms with Crippen molar-refractivity contribution in [3.8, 4) is 0 Å². The highest BCUT2D eigenvalue weighted by Gasteiger charge is 2.33. The van der Waals surface area contributed by atoms with Gasteiger partial charge in [-0.05, 0) is 45.6 Å². The van der Waals surface area contributed by atoms with E-state index in [0.717, 1.165) is 29.1 Å².